The normalized spacial score (nSPS) is 26.8. The van der Waals surface area contributed by atoms with Gasteiger partial charge < -0.3 is 4.90 Å². The molecule has 0 aliphatic carbocycles. The van der Waals surface area contributed by atoms with Crippen LogP contribution in [0.3, 0.4) is 0 Å². The number of likely N-dealkylation sites (tertiary alicyclic amines) is 1. The predicted molar refractivity (Wildman–Crippen MR) is 49.7 cm³/mol. The zero-order valence-electron chi connectivity index (χ0n) is 7.55. The zero-order valence-corrected chi connectivity index (χ0v) is 7.55. The summed E-state index contributed by atoms with van der Waals surface area (Å²) in [6.07, 6.45) is 5.97. The van der Waals surface area contributed by atoms with Crippen LogP contribution < -0.4 is 0 Å². The van der Waals surface area contributed by atoms with Crippen molar-refractivity contribution in [2.45, 2.75) is 26.2 Å². The van der Waals surface area contributed by atoms with Gasteiger partial charge >= 0.3 is 0 Å². The number of hydrogen-bond acceptors (Lipinski definition) is 1. The van der Waals surface area contributed by atoms with Crippen molar-refractivity contribution >= 4 is 0 Å². The molecule has 0 spiro atoms. The molecule has 0 aromatic heterocycles. The number of hydrogen-bond donors (Lipinski definition) is 0. The van der Waals surface area contributed by atoms with Crippen LogP contribution in [-0.4, -0.2) is 24.5 Å². The third-order valence-electron chi connectivity index (χ3n) is 2.39. The molecule has 0 aromatic carbocycles. The summed E-state index contributed by atoms with van der Waals surface area (Å²) in [6, 6.07) is 0. The number of nitrogens with zero attached hydrogens (tertiary/aromatic N) is 1. The van der Waals surface area contributed by atoms with E-state index in [4.69, 9.17) is 0 Å². The maximum Gasteiger partial charge on any atom is 0.00159 e. The summed E-state index contributed by atoms with van der Waals surface area (Å²) >= 11 is 0. The Bertz CT molecular complexity index is 120. The molecular weight excluding hydrogens is 134 g/mol. The molecule has 0 aromatic rings. The SMILES string of the molecule is C=CCCN1CCCC(C)C1. The number of piperidine rings is 1. The van der Waals surface area contributed by atoms with Gasteiger partial charge in [-0.25, -0.2) is 0 Å². The van der Waals surface area contributed by atoms with Crippen molar-refractivity contribution in [1.29, 1.82) is 0 Å². The maximum absolute atomic E-state index is 3.74. The molecule has 1 heteroatoms. The second kappa shape index (κ2) is 4.55. The predicted octanol–water partition coefficient (Wildman–Crippen LogP) is 2.29. The van der Waals surface area contributed by atoms with Gasteiger partial charge in [0.05, 0.1) is 0 Å². The lowest BCUT2D eigenvalue weighted by molar-refractivity contribution is 0.187. The lowest BCUT2D eigenvalue weighted by Gasteiger charge is -2.30. The minimum absolute atomic E-state index is 0.911. The van der Waals surface area contributed by atoms with Crippen LogP contribution in [0.25, 0.3) is 0 Å². The molecule has 0 radical (unpaired) electrons. The van der Waals surface area contributed by atoms with E-state index in [1.165, 1.54) is 32.5 Å². The lowest BCUT2D eigenvalue weighted by atomic mass is 10.0. The molecule has 1 aliphatic heterocycles. The molecule has 0 bridgehead atoms. The van der Waals surface area contributed by atoms with Gasteiger partial charge in [0.15, 0.2) is 0 Å². The van der Waals surface area contributed by atoms with Crippen molar-refractivity contribution in [1.82, 2.24) is 4.90 Å². The lowest BCUT2D eigenvalue weighted by Crippen LogP contribution is -2.34. The monoisotopic (exact) mass is 153 g/mol. The Kier molecular flexibility index (Phi) is 3.64. The molecule has 0 amide bonds. The van der Waals surface area contributed by atoms with Crippen molar-refractivity contribution in [2.24, 2.45) is 5.92 Å². The molecule has 0 N–H and O–H groups in total. The van der Waals surface area contributed by atoms with Crippen molar-refractivity contribution in [3.8, 4) is 0 Å². The van der Waals surface area contributed by atoms with Crippen LogP contribution in [0.1, 0.15) is 26.2 Å². The highest BCUT2D eigenvalue weighted by atomic mass is 15.1. The summed E-state index contributed by atoms with van der Waals surface area (Å²) in [4.78, 5) is 2.55. The van der Waals surface area contributed by atoms with Crippen LogP contribution in [0, 0.1) is 5.92 Å². The third-order valence-corrected chi connectivity index (χ3v) is 2.39. The fourth-order valence-electron chi connectivity index (χ4n) is 1.76. The molecule has 1 fully saturated rings. The molecule has 11 heavy (non-hydrogen) atoms. The van der Waals surface area contributed by atoms with Gasteiger partial charge in [-0.1, -0.05) is 13.0 Å². The first-order chi connectivity index (χ1) is 5.33. The van der Waals surface area contributed by atoms with Crippen LogP contribution in [0.4, 0.5) is 0 Å². The molecule has 1 unspecified atom stereocenters. The highest BCUT2D eigenvalue weighted by molar-refractivity contribution is 4.74. The van der Waals surface area contributed by atoms with E-state index in [-0.39, 0.29) is 0 Å². The van der Waals surface area contributed by atoms with E-state index in [1.54, 1.807) is 0 Å². The van der Waals surface area contributed by atoms with Gasteiger partial charge in [0.1, 0.15) is 0 Å². The van der Waals surface area contributed by atoms with E-state index in [0.29, 0.717) is 0 Å². The van der Waals surface area contributed by atoms with E-state index < -0.39 is 0 Å². The van der Waals surface area contributed by atoms with Crippen LogP contribution >= 0.6 is 0 Å². The van der Waals surface area contributed by atoms with E-state index in [2.05, 4.69) is 18.4 Å². The van der Waals surface area contributed by atoms with Crippen LogP contribution in [0.5, 0.6) is 0 Å². The molecule has 0 saturated carbocycles. The highest BCUT2D eigenvalue weighted by Crippen LogP contribution is 2.15. The quantitative estimate of drug-likeness (QED) is 0.562. The van der Waals surface area contributed by atoms with Gasteiger partial charge in [0.2, 0.25) is 0 Å². The summed E-state index contributed by atoms with van der Waals surface area (Å²) in [5, 5.41) is 0. The van der Waals surface area contributed by atoms with Crippen molar-refractivity contribution in [3.63, 3.8) is 0 Å². The second-order valence-electron chi connectivity index (χ2n) is 3.63. The fourth-order valence-corrected chi connectivity index (χ4v) is 1.76. The van der Waals surface area contributed by atoms with E-state index in [9.17, 15) is 0 Å². The van der Waals surface area contributed by atoms with Gasteiger partial charge in [0.25, 0.3) is 0 Å². The van der Waals surface area contributed by atoms with E-state index in [0.717, 1.165) is 12.3 Å². The molecule has 1 nitrogen and oxygen atoms in total. The minimum Gasteiger partial charge on any atom is -0.303 e. The zero-order chi connectivity index (χ0) is 8.10. The largest absolute Gasteiger partial charge is 0.303 e. The van der Waals surface area contributed by atoms with Gasteiger partial charge in [-0.3, -0.25) is 0 Å². The Morgan fingerprint density at radius 3 is 3.09 bits per heavy atom. The Morgan fingerprint density at radius 2 is 2.45 bits per heavy atom. The molecule has 1 heterocycles. The fraction of sp³-hybridized carbons (Fsp3) is 0.800. The molecule has 1 saturated heterocycles. The third kappa shape index (κ3) is 3.06. The molecule has 1 rings (SSSR count). The van der Waals surface area contributed by atoms with Gasteiger partial charge in [-0.05, 0) is 31.7 Å². The second-order valence-corrected chi connectivity index (χ2v) is 3.63. The average Bonchev–Trinajstić information content (AvgIpc) is 2.01. The first-order valence-electron chi connectivity index (χ1n) is 4.66. The van der Waals surface area contributed by atoms with Crippen LogP contribution in [0.15, 0.2) is 12.7 Å². The minimum atomic E-state index is 0.911. The maximum atomic E-state index is 3.74. The summed E-state index contributed by atoms with van der Waals surface area (Å²) in [5.41, 5.74) is 0. The van der Waals surface area contributed by atoms with Crippen molar-refractivity contribution < 1.29 is 0 Å². The Hall–Kier alpha value is -0.300. The molecule has 1 atom stereocenters. The molecule has 64 valence electrons. The van der Waals surface area contributed by atoms with Crippen molar-refractivity contribution in [2.75, 3.05) is 19.6 Å². The number of rotatable bonds is 3. The Morgan fingerprint density at radius 1 is 1.64 bits per heavy atom. The van der Waals surface area contributed by atoms with Crippen LogP contribution in [0.2, 0.25) is 0 Å². The first kappa shape index (κ1) is 8.79. The summed E-state index contributed by atoms with van der Waals surface area (Å²) < 4.78 is 0. The molecular formula is C10H19N. The van der Waals surface area contributed by atoms with E-state index >= 15 is 0 Å². The smallest absolute Gasteiger partial charge is 0.00159 e. The Labute approximate surface area is 70.1 Å². The topological polar surface area (TPSA) is 3.24 Å². The Balaban J connectivity index is 2.17. The van der Waals surface area contributed by atoms with Crippen molar-refractivity contribution in [3.05, 3.63) is 12.7 Å². The van der Waals surface area contributed by atoms with Gasteiger partial charge in [-0.2, -0.15) is 0 Å². The molecule has 1 aliphatic rings. The van der Waals surface area contributed by atoms with E-state index in [1.807, 2.05) is 6.08 Å². The average molecular weight is 153 g/mol. The summed E-state index contributed by atoms with van der Waals surface area (Å²) in [6.45, 7) is 9.90. The summed E-state index contributed by atoms with van der Waals surface area (Å²) in [5.74, 6) is 0.911. The summed E-state index contributed by atoms with van der Waals surface area (Å²) in [7, 11) is 0. The highest BCUT2D eigenvalue weighted by Gasteiger charge is 2.14. The van der Waals surface area contributed by atoms with Gasteiger partial charge in [-0.15, -0.1) is 6.58 Å². The van der Waals surface area contributed by atoms with Crippen LogP contribution in [-0.2, 0) is 0 Å². The standard InChI is InChI=1S/C10H19N/c1-3-4-7-11-8-5-6-10(2)9-11/h3,10H,1,4-9H2,2H3. The van der Waals surface area contributed by atoms with Gasteiger partial charge in [0, 0.05) is 13.1 Å². The first-order valence-corrected chi connectivity index (χ1v) is 4.66.